The average Bonchev–Trinajstić information content (AvgIpc) is 2.85. The van der Waals surface area contributed by atoms with E-state index in [2.05, 4.69) is 5.32 Å². The highest BCUT2D eigenvalue weighted by Gasteiger charge is 2.29. The summed E-state index contributed by atoms with van der Waals surface area (Å²) in [5, 5.41) is 2.77. The van der Waals surface area contributed by atoms with E-state index in [1.807, 2.05) is 19.1 Å². The molecule has 106 valence electrons. The van der Waals surface area contributed by atoms with Gasteiger partial charge in [-0.05, 0) is 25.5 Å². The lowest BCUT2D eigenvalue weighted by molar-refractivity contribution is 0.204. The molecule has 0 spiro atoms. The van der Waals surface area contributed by atoms with Crippen LogP contribution in [-0.4, -0.2) is 43.9 Å². The molecule has 1 aliphatic heterocycles. The van der Waals surface area contributed by atoms with Crippen LogP contribution in [0.25, 0.3) is 0 Å². The Hall–Kier alpha value is -1.08. The summed E-state index contributed by atoms with van der Waals surface area (Å²) in [6, 6.07) is 3.57. The van der Waals surface area contributed by atoms with Crippen molar-refractivity contribution in [2.45, 2.75) is 25.9 Å². The maximum absolute atomic E-state index is 11.9. The van der Waals surface area contributed by atoms with Gasteiger partial charge in [-0.2, -0.15) is 0 Å². The van der Waals surface area contributed by atoms with Crippen LogP contribution in [0.3, 0.4) is 0 Å². The number of urea groups is 1. The van der Waals surface area contributed by atoms with E-state index < -0.39 is 9.84 Å². The summed E-state index contributed by atoms with van der Waals surface area (Å²) in [4.78, 5) is 15.9. The summed E-state index contributed by atoms with van der Waals surface area (Å²) < 4.78 is 22.6. The van der Waals surface area contributed by atoms with E-state index in [0.29, 0.717) is 13.0 Å². The van der Waals surface area contributed by atoms with Crippen LogP contribution in [0.1, 0.15) is 16.2 Å². The largest absolute Gasteiger partial charge is 0.334 e. The zero-order valence-electron chi connectivity index (χ0n) is 11.0. The maximum atomic E-state index is 11.9. The Morgan fingerprint density at radius 3 is 2.79 bits per heavy atom. The van der Waals surface area contributed by atoms with Gasteiger partial charge in [0.1, 0.15) is 0 Å². The summed E-state index contributed by atoms with van der Waals surface area (Å²) in [5.74, 6) is 0.233. The Bertz CT molecular complexity index is 565. The third-order valence-electron chi connectivity index (χ3n) is 3.10. The third kappa shape index (κ3) is 3.94. The van der Waals surface area contributed by atoms with Gasteiger partial charge in [-0.3, -0.25) is 0 Å². The monoisotopic (exact) mass is 302 g/mol. The van der Waals surface area contributed by atoms with Crippen molar-refractivity contribution in [3.05, 3.63) is 21.9 Å². The highest BCUT2D eigenvalue weighted by Crippen LogP contribution is 2.17. The normalized spacial score (nSPS) is 21.3. The molecule has 1 atom stereocenters. The Labute approximate surface area is 117 Å². The van der Waals surface area contributed by atoms with Gasteiger partial charge in [0.2, 0.25) is 0 Å². The van der Waals surface area contributed by atoms with E-state index in [1.54, 1.807) is 23.3 Å². The standard InChI is InChI=1S/C12H18N2O3S2/c1-9-3-4-11(18-9)7-14(2)12(15)13-10-5-6-19(16,17)8-10/h3-4,10H,5-8H2,1-2H3,(H,13,15)/t10-/m1/s1. The van der Waals surface area contributed by atoms with Gasteiger partial charge in [-0.25, -0.2) is 13.2 Å². The Balaban J connectivity index is 1.86. The second-order valence-electron chi connectivity index (χ2n) is 4.92. The molecule has 2 rings (SSSR count). The fourth-order valence-corrected chi connectivity index (χ4v) is 4.69. The fraction of sp³-hybridized carbons (Fsp3) is 0.583. The van der Waals surface area contributed by atoms with Crippen LogP contribution in [0.4, 0.5) is 4.79 Å². The molecule has 2 heterocycles. The number of aryl methyl sites for hydroxylation is 1. The number of rotatable bonds is 3. The second-order valence-corrected chi connectivity index (χ2v) is 8.52. The Morgan fingerprint density at radius 1 is 1.53 bits per heavy atom. The molecule has 1 N–H and O–H groups in total. The first-order valence-electron chi connectivity index (χ1n) is 6.13. The summed E-state index contributed by atoms with van der Waals surface area (Å²) >= 11 is 1.66. The van der Waals surface area contributed by atoms with Gasteiger partial charge in [0, 0.05) is 22.8 Å². The van der Waals surface area contributed by atoms with Crippen molar-refractivity contribution in [1.29, 1.82) is 0 Å². The first-order valence-corrected chi connectivity index (χ1v) is 8.77. The van der Waals surface area contributed by atoms with E-state index in [9.17, 15) is 13.2 Å². The van der Waals surface area contributed by atoms with Gasteiger partial charge in [-0.15, -0.1) is 11.3 Å². The molecule has 0 bridgehead atoms. The van der Waals surface area contributed by atoms with Crippen LogP contribution in [0, 0.1) is 6.92 Å². The molecule has 0 aromatic carbocycles. The maximum Gasteiger partial charge on any atom is 0.317 e. The SMILES string of the molecule is Cc1ccc(CN(C)C(=O)N[C@@H]2CCS(=O)(=O)C2)s1. The van der Waals surface area contributed by atoms with E-state index in [0.717, 1.165) is 4.88 Å². The number of sulfone groups is 1. The number of carbonyl (C=O) groups excluding carboxylic acids is 1. The van der Waals surface area contributed by atoms with E-state index in [1.165, 1.54) is 4.88 Å². The molecule has 1 saturated heterocycles. The number of carbonyl (C=O) groups is 1. The minimum Gasteiger partial charge on any atom is -0.334 e. The quantitative estimate of drug-likeness (QED) is 0.917. The topological polar surface area (TPSA) is 66.5 Å². The minimum atomic E-state index is -2.95. The smallest absolute Gasteiger partial charge is 0.317 e. The fourth-order valence-electron chi connectivity index (χ4n) is 2.07. The summed E-state index contributed by atoms with van der Waals surface area (Å²) in [5.41, 5.74) is 0. The molecule has 19 heavy (non-hydrogen) atoms. The van der Waals surface area contributed by atoms with Gasteiger partial charge in [0.25, 0.3) is 0 Å². The van der Waals surface area contributed by atoms with Gasteiger partial charge in [-0.1, -0.05) is 0 Å². The lowest BCUT2D eigenvalue weighted by atomic mass is 10.3. The highest BCUT2D eigenvalue weighted by atomic mass is 32.2. The van der Waals surface area contributed by atoms with E-state index >= 15 is 0 Å². The number of thiophene rings is 1. The number of hydrogen-bond acceptors (Lipinski definition) is 4. The van der Waals surface area contributed by atoms with Crippen molar-refractivity contribution in [3.8, 4) is 0 Å². The number of nitrogens with one attached hydrogen (secondary N) is 1. The molecule has 0 unspecified atom stereocenters. The molecule has 0 radical (unpaired) electrons. The zero-order valence-corrected chi connectivity index (χ0v) is 12.7. The Kier molecular flexibility index (Phi) is 4.15. The van der Waals surface area contributed by atoms with Gasteiger partial charge in [0.05, 0.1) is 18.1 Å². The molecule has 0 saturated carbocycles. The lowest BCUT2D eigenvalue weighted by Crippen LogP contribution is -2.43. The van der Waals surface area contributed by atoms with Crippen LogP contribution in [0.2, 0.25) is 0 Å². The first kappa shape index (κ1) is 14.3. The molecule has 0 aliphatic carbocycles. The van der Waals surface area contributed by atoms with Crippen LogP contribution < -0.4 is 5.32 Å². The zero-order chi connectivity index (χ0) is 14.0. The van der Waals surface area contributed by atoms with Crippen molar-refractivity contribution >= 4 is 27.2 Å². The second kappa shape index (κ2) is 5.50. The third-order valence-corrected chi connectivity index (χ3v) is 5.85. The molecular weight excluding hydrogens is 284 g/mol. The highest BCUT2D eigenvalue weighted by molar-refractivity contribution is 7.91. The van der Waals surface area contributed by atoms with Crippen LogP contribution >= 0.6 is 11.3 Å². The average molecular weight is 302 g/mol. The molecule has 1 fully saturated rings. The van der Waals surface area contributed by atoms with Crippen LogP contribution in [0.15, 0.2) is 12.1 Å². The molecule has 2 amide bonds. The van der Waals surface area contributed by atoms with Crippen molar-refractivity contribution in [2.24, 2.45) is 0 Å². The molecule has 5 nitrogen and oxygen atoms in total. The van der Waals surface area contributed by atoms with Crippen LogP contribution in [0.5, 0.6) is 0 Å². The summed E-state index contributed by atoms with van der Waals surface area (Å²) in [6.45, 7) is 2.57. The van der Waals surface area contributed by atoms with E-state index in [-0.39, 0.29) is 23.6 Å². The molecule has 1 aromatic rings. The number of hydrogen-bond donors (Lipinski definition) is 1. The molecular formula is C12H18N2O3S2. The summed E-state index contributed by atoms with van der Waals surface area (Å²) in [7, 11) is -1.24. The predicted molar refractivity (Wildman–Crippen MR) is 76.1 cm³/mol. The number of nitrogens with zero attached hydrogens (tertiary/aromatic N) is 1. The Morgan fingerprint density at radius 2 is 2.26 bits per heavy atom. The van der Waals surface area contributed by atoms with Crippen molar-refractivity contribution in [3.63, 3.8) is 0 Å². The molecule has 1 aliphatic rings. The predicted octanol–water partition coefficient (Wildman–Crippen LogP) is 1.39. The lowest BCUT2D eigenvalue weighted by Gasteiger charge is -2.19. The van der Waals surface area contributed by atoms with Gasteiger partial charge < -0.3 is 10.2 Å². The van der Waals surface area contributed by atoms with Gasteiger partial charge in [0.15, 0.2) is 9.84 Å². The van der Waals surface area contributed by atoms with Crippen molar-refractivity contribution < 1.29 is 13.2 Å². The molecule has 1 aromatic heterocycles. The molecule has 7 heteroatoms. The van der Waals surface area contributed by atoms with Crippen LogP contribution in [-0.2, 0) is 16.4 Å². The first-order chi connectivity index (χ1) is 8.85. The van der Waals surface area contributed by atoms with Crippen molar-refractivity contribution in [2.75, 3.05) is 18.6 Å². The van der Waals surface area contributed by atoms with Crippen molar-refractivity contribution in [1.82, 2.24) is 10.2 Å². The minimum absolute atomic E-state index is 0.0602. The van der Waals surface area contributed by atoms with Gasteiger partial charge >= 0.3 is 6.03 Å². The van der Waals surface area contributed by atoms with E-state index in [4.69, 9.17) is 0 Å². The summed E-state index contributed by atoms with van der Waals surface area (Å²) in [6.07, 6.45) is 0.514. The number of amides is 2.